The molecule has 4 heteroatoms. The first-order valence-electron chi connectivity index (χ1n) is 13.3. The maximum Gasteiger partial charge on any atom is 0.265 e. The summed E-state index contributed by atoms with van der Waals surface area (Å²) in [7, 11) is 0. The maximum absolute atomic E-state index is 9.60. The molecule has 0 unspecified atom stereocenters. The van der Waals surface area contributed by atoms with Crippen molar-refractivity contribution in [3.8, 4) is 6.07 Å². The van der Waals surface area contributed by atoms with Crippen LogP contribution in [0.4, 0.5) is 17.1 Å². The monoisotopic (exact) mass is 517 g/mol. The number of para-hydroxylation sites is 2. The van der Waals surface area contributed by atoms with Crippen LogP contribution in [0.5, 0.6) is 0 Å². The lowest BCUT2D eigenvalue weighted by Crippen LogP contribution is -2.36. The summed E-state index contributed by atoms with van der Waals surface area (Å²) in [4.78, 5) is 5.73. The second-order valence-electron chi connectivity index (χ2n) is 10.2. The first kappa shape index (κ1) is 25.0. The van der Waals surface area contributed by atoms with E-state index in [4.69, 9.17) is 11.3 Å². The molecule has 4 aromatic carbocycles. The van der Waals surface area contributed by atoms with Crippen molar-refractivity contribution in [1.82, 2.24) is 0 Å². The van der Waals surface area contributed by atoms with Crippen LogP contribution in [0.15, 0.2) is 138 Å². The number of ether oxygens (including phenoxy) is 1. The van der Waals surface area contributed by atoms with Gasteiger partial charge in [0.1, 0.15) is 11.4 Å². The van der Waals surface area contributed by atoms with Crippen molar-refractivity contribution < 1.29 is 4.74 Å². The van der Waals surface area contributed by atoms with Gasteiger partial charge >= 0.3 is 0 Å². The second-order valence-corrected chi connectivity index (χ2v) is 10.2. The minimum atomic E-state index is -0.476. The van der Waals surface area contributed by atoms with Gasteiger partial charge in [-0.15, -0.1) is 0 Å². The molecule has 40 heavy (non-hydrogen) atoms. The van der Waals surface area contributed by atoms with Gasteiger partial charge in [-0.05, 0) is 70.8 Å². The van der Waals surface area contributed by atoms with Crippen LogP contribution in [0.2, 0.25) is 0 Å². The molecule has 1 spiro atoms. The Morgan fingerprint density at radius 2 is 1.30 bits per heavy atom. The van der Waals surface area contributed by atoms with Crippen molar-refractivity contribution in [2.45, 2.75) is 24.9 Å². The molecule has 0 aromatic heterocycles. The van der Waals surface area contributed by atoms with Gasteiger partial charge in [-0.2, -0.15) is 0 Å². The maximum atomic E-state index is 9.60. The SMILES string of the molecule is [C-]#[N+]C(C#N)=C1C=C(C=Cc2ccc(N(c3ccccc3)c3ccccc3)cc2)OC2(C1)Cc1ccccc1C2. The third kappa shape index (κ3) is 5.04. The molecule has 0 saturated carbocycles. The highest BCUT2D eigenvalue weighted by Gasteiger charge is 2.42. The van der Waals surface area contributed by atoms with Crippen LogP contribution in [-0.4, -0.2) is 5.60 Å². The average molecular weight is 518 g/mol. The smallest absolute Gasteiger partial charge is 0.265 e. The summed E-state index contributed by atoms with van der Waals surface area (Å²) in [6.45, 7) is 7.52. The zero-order valence-corrected chi connectivity index (χ0v) is 22.0. The Balaban J connectivity index is 1.29. The summed E-state index contributed by atoms with van der Waals surface area (Å²) in [5, 5.41) is 9.60. The van der Waals surface area contributed by atoms with Gasteiger partial charge < -0.3 is 9.64 Å². The van der Waals surface area contributed by atoms with Gasteiger partial charge in [0.15, 0.2) is 0 Å². The molecule has 0 N–H and O–H groups in total. The molecule has 4 aromatic rings. The van der Waals surface area contributed by atoms with E-state index in [2.05, 4.69) is 76.5 Å². The van der Waals surface area contributed by atoms with Crippen molar-refractivity contribution in [2.24, 2.45) is 0 Å². The minimum Gasteiger partial charge on any atom is -0.486 e. The molecule has 1 aliphatic heterocycles. The number of nitriles is 1. The standard InChI is InChI=1S/C36H27N3O/c1-38-35(26-37)30-22-34(40-36(25-30)23-28-10-8-9-11-29(28)24-36)21-18-27-16-19-33(20-17-27)39(31-12-4-2-5-13-31)32-14-6-3-7-15-32/h2-22H,23-25H2. The largest absolute Gasteiger partial charge is 0.486 e. The highest BCUT2D eigenvalue weighted by atomic mass is 16.5. The van der Waals surface area contributed by atoms with E-state index in [-0.39, 0.29) is 5.70 Å². The molecular formula is C36H27N3O. The zero-order chi connectivity index (χ0) is 27.4. The quantitative estimate of drug-likeness (QED) is 0.196. The van der Waals surface area contributed by atoms with Crippen LogP contribution in [0.3, 0.4) is 0 Å². The summed E-state index contributed by atoms with van der Waals surface area (Å²) >= 11 is 0. The molecule has 192 valence electrons. The molecule has 0 atom stereocenters. The fraction of sp³-hybridized carbons (Fsp3) is 0.111. The number of anilines is 3. The van der Waals surface area contributed by atoms with E-state index in [1.807, 2.05) is 66.8 Å². The number of nitrogens with zero attached hydrogens (tertiary/aromatic N) is 3. The topological polar surface area (TPSA) is 40.6 Å². The Labute approximate surface area is 235 Å². The summed E-state index contributed by atoms with van der Waals surface area (Å²) in [6, 6.07) is 39.5. The Morgan fingerprint density at radius 3 is 1.85 bits per heavy atom. The number of rotatable bonds is 5. The Bertz CT molecular complexity index is 1620. The Morgan fingerprint density at radius 1 is 0.750 bits per heavy atom. The van der Waals surface area contributed by atoms with Gasteiger partial charge in [0, 0.05) is 36.3 Å². The highest BCUT2D eigenvalue weighted by Crippen LogP contribution is 2.43. The van der Waals surface area contributed by atoms with Crippen molar-refractivity contribution in [2.75, 3.05) is 4.90 Å². The molecule has 0 saturated heterocycles. The van der Waals surface area contributed by atoms with E-state index in [0.717, 1.165) is 41.0 Å². The number of benzene rings is 4. The molecule has 1 aliphatic carbocycles. The Kier molecular flexibility index (Phi) is 6.75. The van der Waals surface area contributed by atoms with E-state index in [9.17, 15) is 5.26 Å². The zero-order valence-electron chi connectivity index (χ0n) is 22.0. The van der Waals surface area contributed by atoms with Crippen LogP contribution < -0.4 is 4.90 Å². The number of hydrogen-bond acceptors (Lipinski definition) is 3. The van der Waals surface area contributed by atoms with E-state index in [0.29, 0.717) is 12.2 Å². The van der Waals surface area contributed by atoms with Crippen molar-refractivity contribution in [3.63, 3.8) is 0 Å². The lowest BCUT2D eigenvalue weighted by molar-refractivity contribution is 0.0108. The highest BCUT2D eigenvalue weighted by molar-refractivity contribution is 5.77. The molecule has 0 fully saturated rings. The second kappa shape index (κ2) is 10.8. The van der Waals surface area contributed by atoms with Crippen LogP contribution in [0.1, 0.15) is 23.1 Å². The summed E-state index contributed by atoms with van der Waals surface area (Å²) in [5.74, 6) is 0.671. The van der Waals surface area contributed by atoms with Crippen LogP contribution in [0.25, 0.3) is 10.9 Å². The predicted octanol–water partition coefficient (Wildman–Crippen LogP) is 8.71. The normalized spacial score (nSPS) is 16.4. The van der Waals surface area contributed by atoms with Crippen LogP contribution >= 0.6 is 0 Å². The van der Waals surface area contributed by atoms with Gasteiger partial charge in [-0.3, -0.25) is 0 Å². The van der Waals surface area contributed by atoms with E-state index in [1.165, 1.54) is 11.1 Å². The molecular weight excluding hydrogens is 490 g/mol. The van der Waals surface area contributed by atoms with Gasteiger partial charge in [0.2, 0.25) is 0 Å². The summed E-state index contributed by atoms with van der Waals surface area (Å²) in [6.07, 6.45) is 7.89. The summed E-state index contributed by atoms with van der Waals surface area (Å²) in [5.41, 5.74) is 7.21. The molecule has 1 heterocycles. The first-order valence-corrected chi connectivity index (χ1v) is 13.3. The van der Waals surface area contributed by atoms with E-state index in [1.54, 1.807) is 0 Å². The molecule has 0 bridgehead atoms. The van der Waals surface area contributed by atoms with Crippen LogP contribution in [0, 0.1) is 17.9 Å². The van der Waals surface area contributed by atoms with Gasteiger partial charge in [0.05, 0.1) is 12.6 Å². The van der Waals surface area contributed by atoms with Crippen molar-refractivity contribution in [3.05, 3.63) is 166 Å². The van der Waals surface area contributed by atoms with E-state index < -0.39 is 5.60 Å². The fourth-order valence-electron chi connectivity index (χ4n) is 5.66. The van der Waals surface area contributed by atoms with Crippen LogP contribution in [-0.2, 0) is 17.6 Å². The lowest BCUT2D eigenvalue weighted by Gasteiger charge is -2.35. The predicted molar refractivity (Wildman–Crippen MR) is 160 cm³/mol. The number of hydrogen-bond donors (Lipinski definition) is 0. The molecule has 6 rings (SSSR count). The minimum absolute atomic E-state index is 0.135. The fourth-order valence-corrected chi connectivity index (χ4v) is 5.66. The van der Waals surface area contributed by atoms with Gasteiger partial charge in [-0.25, -0.2) is 10.1 Å². The number of allylic oxidation sites excluding steroid dienone is 3. The third-order valence-corrected chi connectivity index (χ3v) is 7.45. The van der Waals surface area contributed by atoms with Crippen molar-refractivity contribution in [1.29, 1.82) is 5.26 Å². The van der Waals surface area contributed by atoms with Gasteiger partial charge in [-0.1, -0.05) is 78.9 Å². The Hall–Kier alpha value is -5.32. The summed E-state index contributed by atoms with van der Waals surface area (Å²) < 4.78 is 6.61. The molecule has 2 aliphatic rings. The molecule has 0 amide bonds. The first-order chi connectivity index (χ1) is 19.7. The molecule has 0 radical (unpaired) electrons. The average Bonchev–Trinajstić information content (AvgIpc) is 3.35. The van der Waals surface area contributed by atoms with Crippen molar-refractivity contribution >= 4 is 23.1 Å². The molecule has 4 nitrogen and oxygen atoms in total. The third-order valence-electron chi connectivity index (χ3n) is 7.45. The van der Waals surface area contributed by atoms with Gasteiger partial charge in [0.25, 0.3) is 5.70 Å². The van der Waals surface area contributed by atoms with E-state index >= 15 is 0 Å². The lowest BCUT2D eigenvalue weighted by atomic mass is 9.87. The number of fused-ring (bicyclic) bond motifs is 1.